The molecule has 0 atom stereocenters. The van der Waals surface area contributed by atoms with E-state index in [4.69, 9.17) is 9.84 Å². The number of carboxylic acid groups (broad SMARTS) is 3. The maximum Gasteiger partial charge on any atom is 0.339 e. The lowest BCUT2D eigenvalue weighted by Crippen LogP contribution is -2.14. The number of ether oxygens (including phenoxy) is 1. The van der Waals surface area contributed by atoms with Crippen molar-refractivity contribution in [2.75, 3.05) is 0 Å². The number of hydrogen-bond acceptors (Lipinski definition) is 5. The van der Waals surface area contributed by atoms with Crippen LogP contribution in [0, 0.1) is 0 Å². The number of carboxylic acids is 3. The summed E-state index contributed by atoms with van der Waals surface area (Å²) in [6, 6.07) is 27.9. The molecular formula is C34H32O8. The molecule has 0 spiro atoms. The fourth-order valence-electron chi connectivity index (χ4n) is 4.37. The second kappa shape index (κ2) is 15.5. The van der Waals surface area contributed by atoms with Crippen molar-refractivity contribution in [1.29, 1.82) is 0 Å². The molecule has 0 unspecified atom stereocenters. The fourth-order valence-corrected chi connectivity index (χ4v) is 4.37. The number of unbranched alkanes of at least 4 members (excludes halogenated alkanes) is 1. The molecule has 0 aliphatic carbocycles. The average molecular weight is 569 g/mol. The summed E-state index contributed by atoms with van der Waals surface area (Å²) in [6.07, 6.45) is 3.10. The third-order valence-electron chi connectivity index (χ3n) is 6.47. The van der Waals surface area contributed by atoms with Gasteiger partial charge in [0.25, 0.3) is 0 Å². The Hall–Kier alpha value is -5.24. The number of esters is 1. The van der Waals surface area contributed by atoms with E-state index in [0.717, 1.165) is 36.0 Å². The van der Waals surface area contributed by atoms with Gasteiger partial charge in [-0.2, -0.15) is 0 Å². The van der Waals surface area contributed by atoms with Gasteiger partial charge in [-0.25, -0.2) is 19.2 Å². The zero-order valence-electron chi connectivity index (χ0n) is 23.2. The van der Waals surface area contributed by atoms with Crippen molar-refractivity contribution >= 4 is 23.9 Å². The smallest absolute Gasteiger partial charge is 0.339 e. The van der Waals surface area contributed by atoms with Crippen LogP contribution in [0.25, 0.3) is 0 Å². The van der Waals surface area contributed by atoms with Crippen LogP contribution in [-0.4, -0.2) is 39.2 Å². The predicted octanol–water partition coefficient (Wildman–Crippen LogP) is 6.76. The molecule has 0 heterocycles. The number of carbonyl (C=O) groups excluding carboxylic acids is 1. The van der Waals surface area contributed by atoms with Crippen molar-refractivity contribution in [2.24, 2.45) is 0 Å². The van der Waals surface area contributed by atoms with Gasteiger partial charge in [0.1, 0.15) is 6.61 Å². The normalized spacial score (nSPS) is 10.2. The van der Waals surface area contributed by atoms with E-state index < -0.39 is 23.9 Å². The molecule has 216 valence electrons. The Kier molecular flexibility index (Phi) is 11.6. The minimum Gasteiger partial charge on any atom is -0.478 e. The number of aromatic carboxylic acids is 3. The Labute approximate surface area is 243 Å². The van der Waals surface area contributed by atoms with Gasteiger partial charge in [0.05, 0.1) is 22.3 Å². The minimum absolute atomic E-state index is 0.0550. The van der Waals surface area contributed by atoms with Crippen molar-refractivity contribution in [2.45, 2.75) is 39.2 Å². The highest BCUT2D eigenvalue weighted by Gasteiger charge is 2.23. The number of rotatable bonds is 11. The maximum atomic E-state index is 11.9. The molecule has 8 nitrogen and oxygen atoms in total. The third-order valence-corrected chi connectivity index (χ3v) is 6.47. The van der Waals surface area contributed by atoms with Gasteiger partial charge in [-0.05, 0) is 59.7 Å². The Morgan fingerprint density at radius 3 is 1.71 bits per heavy atom. The summed E-state index contributed by atoms with van der Waals surface area (Å²) in [5, 5.41) is 27.9. The van der Waals surface area contributed by atoms with Gasteiger partial charge in [-0.1, -0.05) is 92.2 Å². The van der Waals surface area contributed by atoms with E-state index in [1.165, 1.54) is 18.2 Å². The van der Waals surface area contributed by atoms with Crippen molar-refractivity contribution in [1.82, 2.24) is 0 Å². The zero-order chi connectivity index (χ0) is 30.5. The monoisotopic (exact) mass is 568 g/mol. The van der Waals surface area contributed by atoms with Crippen molar-refractivity contribution < 1.29 is 39.2 Å². The van der Waals surface area contributed by atoms with Gasteiger partial charge >= 0.3 is 23.9 Å². The van der Waals surface area contributed by atoms with E-state index >= 15 is 0 Å². The topological polar surface area (TPSA) is 138 Å². The van der Waals surface area contributed by atoms with Crippen LogP contribution in [0.5, 0.6) is 0 Å². The summed E-state index contributed by atoms with van der Waals surface area (Å²) in [7, 11) is 0. The predicted molar refractivity (Wildman–Crippen MR) is 157 cm³/mol. The molecular weight excluding hydrogens is 536 g/mol. The summed E-state index contributed by atoms with van der Waals surface area (Å²) < 4.78 is 5.10. The van der Waals surface area contributed by atoms with Crippen molar-refractivity contribution in [3.8, 4) is 0 Å². The molecule has 4 rings (SSSR count). The second-order valence-corrected chi connectivity index (χ2v) is 9.41. The third kappa shape index (κ3) is 8.63. The standard InChI is InChI=1S/C19H20O4.C15H12O4/c1-2-3-9-14-10-11-15(18(20)21)17(19(22)23)16(14)12-13-7-5-4-6-8-13;16-14(17)12-8-4-5-9-13(12)15(18)19-10-11-6-2-1-3-7-11/h4-8,10-11H,2-3,9,12H2,1H3,(H,20,21)(H,22,23);1-9H,10H2,(H,16,17). The molecule has 3 N–H and O–H groups in total. The zero-order valence-corrected chi connectivity index (χ0v) is 23.2. The van der Waals surface area contributed by atoms with Gasteiger partial charge in [0.15, 0.2) is 0 Å². The highest BCUT2D eigenvalue weighted by molar-refractivity contribution is 6.03. The molecule has 0 bridgehead atoms. The fraction of sp³-hybridized carbons (Fsp3) is 0.176. The van der Waals surface area contributed by atoms with Crippen LogP contribution in [0.1, 0.15) is 83.5 Å². The lowest BCUT2D eigenvalue weighted by molar-refractivity contribution is 0.0463. The van der Waals surface area contributed by atoms with Gasteiger partial charge in [0, 0.05) is 0 Å². The first-order valence-electron chi connectivity index (χ1n) is 13.4. The Morgan fingerprint density at radius 2 is 1.17 bits per heavy atom. The van der Waals surface area contributed by atoms with E-state index in [-0.39, 0.29) is 28.9 Å². The molecule has 0 fully saturated rings. The molecule has 0 aliphatic heterocycles. The quantitative estimate of drug-likeness (QED) is 0.169. The highest BCUT2D eigenvalue weighted by Crippen LogP contribution is 2.25. The Balaban J connectivity index is 0.000000235. The van der Waals surface area contributed by atoms with Crippen LogP contribution >= 0.6 is 0 Å². The summed E-state index contributed by atoms with van der Waals surface area (Å²) in [4.78, 5) is 45.9. The van der Waals surface area contributed by atoms with Gasteiger partial charge < -0.3 is 20.1 Å². The van der Waals surface area contributed by atoms with E-state index in [1.54, 1.807) is 18.2 Å². The second-order valence-electron chi connectivity index (χ2n) is 9.41. The van der Waals surface area contributed by atoms with Crippen LogP contribution in [0.15, 0.2) is 97.1 Å². The van der Waals surface area contributed by atoms with Gasteiger partial charge in [0.2, 0.25) is 0 Å². The lowest BCUT2D eigenvalue weighted by atomic mass is 9.89. The summed E-state index contributed by atoms with van der Waals surface area (Å²) in [5.74, 6) is -4.18. The lowest BCUT2D eigenvalue weighted by Gasteiger charge is -2.15. The average Bonchev–Trinajstić information content (AvgIpc) is 3.00. The molecule has 0 amide bonds. The molecule has 8 heteroatoms. The Morgan fingerprint density at radius 1 is 0.619 bits per heavy atom. The highest BCUT2D eigenvalue weighted by atomic mass is 16.5. The summed E-state index contributed by atoms with van der Waals surface area (Å²) in [6.45, 7) is 2.19. The van der Waals surface area contributed by atoms with E-state index in [9.17, 15) is 29.4 Å². The number of aryl methyl sites for hydroxylation is 1. The van der Waals surface area contributed by atoms with Crippen molar-refractivity contribution in [3.05, 3.63) is 142 Å². The summed E-state index contributed by atoms with van der Waals surface area (Å²) in [5.41, 5.74) is 3.11. The molecule has 42 heavy (non-hydrogen) atoms. The first kappa shape index (κ1) is 31.3. The molecule has 0 saturated carbocycles. The maximum absolute atomic E-state index is 11.9. The van der Waals surface area contributed by atoms with Crippen LogP contribution < -0.4 is 0 Å². The van der Waals surface area contributed by atoms with E-state index in [2.05, 4.69) is 6.92 Å². The van der Waals surface area contributed by atoms with Gasteiger partial charge in [-0.3, -0.25) is 0 Å². The molecule has 0 radical (unpaired) electrons. The Bertz CT molecular complexity index is 1530. The van der Waals surface area contributed by atoms with Crippen LogP contribution in [0.2, 0.25) is 0 Å². The van der Waals surface area contributed by atoms with Crippen LogP contribution in [0.4, 0.5) is 0 Å². The molecule has 0 aliphatic rings. The first-order chi connectivity index (χ1) is 20.2. The van der Waals surface area contributed by atoms with Crippen LogP contribution in [0.3, 0.4) is 0 Å². The number of carbonyl (C=O) groups is 4. The number of benzene rings is 4. The molecule has 0 saturated heterocycles. The van der Waals surface area contributed by atoms with E-state index in [1.807, 2.05) is 60.7 Å². The largest absolute Gasteiger partial charge is 0.478 e. The number of hydrogen-bond donors (Lipinski definition) is 3. The van der Waals surface area contributed by atoms with Crippen LogP contribution in [-0.2, 0) is 24.2 Å². The minimum atomic E-state index is -1.21. The summed E-state index contributed by atoms with van der Waals surface area (Å²) >= 11 is 0. The van der Waals surface area contributed by atoms with E-state index in [0.29, 0.717) is 12.0 Å². The van der Waals surface area contributed by atoms with Gasteiger partial charge in [-0.15, -0.1) is 0 Å². The molecule has 4 aromatic rings. The molecule has 0 aromatic heterocycles. The first-order valence-corrected chi connectivity index (χ1v) is 13.4. The molecule has 4 aromatic carbocycles. The van der Waals surface area contributed by atoms with Crippen molar-refractivity contribution in [3.63, 3.8) is 0 Å². The SMILES string of the molecule is CCCCc1ccc(C(=O)O)c(C(=O)O)c1Cc1ccccc1.O=C(O)c1ccccc1C(=O)OCc1ccccc1.